The van der Waals surface area contributed by atoms with E-state index in [4.69, 9.17) is 0 Å². The van der Waals surface area contributed by atoms with Crippen LogP contribution in [0.3, 0.4) is 0 Å². The fourth-order valence-corrected chi connectivity index (χ4v) is 4.46. The van der Waals surface area contributed by atoms with Crippen molar-refractivity contribution in [2.24, 2.45) is 0 Å². The molecule has 1 aliphatic heterocycles. The van der Waals surface area contributed by atoms with Gasteiger partial charge in [-0.25, -0.2) is 5.09 Å². The molecule has 1 heterocycles. The van der Waals surface area contributed by atoms with E-state index in [1.165, 1.54) is 79.4 Å². The fourth-order valence-electron chi connectivity index (χ4n) is 1.93. The lowest BCUT2D eigenvalue weighted by atomic mass is 10.1. The Bertz CT molecular complexity index is 246. The second kappa shape index (κ2) is 9.20. The van der Waals surface area contributed by atoms with Gasteiger partial charge in [0.2, 0.25) is 0 Å². The molecule has 0 amide bonds. The van der Waals surface area contributed by atoms with Gasteiger partial charge in [0.25, 0.3) is 0 Å². The van der Waals surface area contributed by atoms with Gasteiger partial charge in [0.15, 0.2) is 0 Å². The number of unbranched alkanes of at least 4 members (excludes halogenated alkanes) is 7. The summed E-state index contributed by atoms with van der Waals surface area (Å²) in [4.78, 5) is 0. The zero-order valence-corrected chi connectivity index (χ0v) is 12.5. The minimum atomic E-state index is 1.25. The molecular weight excluding hydrogens is 232 g/mol. The molecule has 0 aliphatic carbocycles. The van der Waals surface area contributed by atoms with Gasteiger partial charge in [0, 0.05) is 5.31 Å². The second-order valence-corrected chi connectivity index (χ2v) is 6.80. The summed E-state index contributed by atoms with van der Waals surface area (Å²) in [6.07, 6.45) is 12.6. The molecule has 0 saturated carbocycles. The first-order valence-corrected chi connectivity index (χ1v) is 9.11. The molecule has 91 valence electrons. The van der Waals surface area contributed by atoms with Gasteiger partial charge in [-0.1, -0.05) is 51.9 Å². The minimum Gasteiger partial charge on any atom is -0.227 e. The maximum Gasteiger partial charge on any atom is 0.0699 e. The Labute approximate surface area is 104 Å². The van der Waals surface area contributed by atoms with Crippen molar-refractivity contribution < 1.29 is 0 Å². The van der Waals surface area contributed by atoms with E-state index in [1.54, 1.807) is 5.31 Å². The quantitative estimate of drug-likeness (QED) is 0.350. The van der Waals surface area contributed by atoms with Crippen LogP contribution in [0.2, 0.25) is 0 Å². The predicted molar refractivity (Wildman–Crippen MR) is 75.9 cm³/mol. The Hall–Kier alpha value is 0.140. The Morgan fingerprint density at radius 3 is 2.12 bits per heavy atom. The van der Waals surface area contributed by atoms with Gasteiger partial charge in [-0.3, -0.25) is 0 Å². The highest BCUT2D eigenvalue weighted by Crippen LogP contribution is 2.37. The van der Waals surface area contributed by atoms with Crippen molar-refractivity contribution in [3.63, 3.8) is 0 Å². The smallest absolute Gasteiger partial charge is 0.0699 e. The molecule has 1 aliphatic rings. The molecule has 0 spiro atoms. The van der Waals surface area contributed by atoms with Crippen LogP contribution in [0.5, 0.6) is 0 Å². The van der Waals surface area contributed by atoms with Crippen molar-refractivity contribution in [2.75, 3.05) is 0 Å². The van der Waals surface area contributed by atoms with Crippen molar-refractivity contribution in [2.45, 2.75) is 71.6 Å². The number of hydrogen-bond acceptors (Lipinski definition) is 0. The highest BCUT2D eigenvalue weighted by atomic mass is 31.7. The fraction of sp³-hybridized carbons (Fsp3) is 0.846. The first-order valence-electron chi connectivity index (χ1n) is 6.66. The number of nitrogens with zero attached hydrogens (tertiary/aromatic N) is 1. The molecule has 0 bridgehead atoms. The SMILES string of the molecule is CCCCCCCCCCC1=C(C)[N]P=P1. The summed E-state index contributed by atoms with van der Waals surface area (Å²) in [6.45, 7) is 4.44. The summed E-state index contributed by atoms with van der Waals surface area (Å²) in [5.41, 5.74) is 1.31. The molecular formula is C13H24NP2. The highest BCUT2D eigenvalue weighted by Gasteiger charge is 2.06. The van der Waals surface area contributed by atoms with Crippen LogP contribution < -0.4 is 5.09 Å². The summed E-state index contributed by atoms with van der Waals surface area (Å²) in [5, 5.41) is 6.00. The maximum absolute atomic E-state index is 4.41. The monoisotopic (exact) mass is 256 g/mol. The lowest BCUT2D eigenvalue weighted by Gasteiger charge is -2.02. The van der Waals surface area contributed by atoms with Crippen LogP contribution in [0.1, 0.15) is 71.6 Å². The van der Waals surface area contributed by atoms with Crippen LogP contribution in [0.4, 0.5) is 0 Å². The normalized spacial score (nSPS) is 16.6. The summed E-state index contributed by atoms with van der Waals surface area (Å²) in [6, 6.07) is 0. The summed E-state index contributed by atoms with van der Waals surface area (Å²) >= 11 is 0. The van der Waals surface area contributed by atoms with E-state index < -0.39 is 0 Å². The Kier molecular flexibility index (Phi) is 8.17. The molecule has 0 N–H and O–H groups in total. The van der Waals surface area contributed by atoms with Gasteiger partial charge < -0.3 is 0 Å². The largest absolute Gasteiger partial charge is 0.227 e. The molecule has 1 rings (SSSR count). The molecule has 0 unspecified atom stereocenters. The van der Waals surface area contributed by atoms with E-state index in [9.17, 15) is 0 Å². The molecule has 0 aromatic heterocycles. The zero-order valence-electron chi connectivity index (χ0n) is 10.7. The summed E-state index contributed by atoms with van der Waals surface area (Å²) < 4.78 is 0. The predicted octanol–water partition coefficient (Wildman–Crippen LogP) is 6.09. The van der Waals surface area contributed by atoms with E-state index in [2.05, 4.69) is 18.9 Å². The number of allylic oxidation sites excluding steroid dienone is 2. The van der Waals surface area contributed by atoms with E-state index in [0.29, 0.717) is 0 Å². The second-order valence-electron chi connectivity index (χ2n) is 4.55. The van der Waals surface area contributed by atoms with Crippen molar-refractivity contribution >= 4 is 15.9 Å². The van der Waals surface area contributed by atoms with Crippen molar-refractivity contribution in [3.8, 4) is 0 Å². The van der Waals surface area contributed by atoms with Gasteiger partial charge in [-0.05, 0) is 27.6 Å². The van der Waals surface area contributed by atoms with Crippen molar-refractivity contribution in [3.05, 3.63) is 11.0 Å². The molecule has 1 radical (unpaired) electrons. The maximum atomic E-state index is 4.41. The standard InChI is InChI=1S/C13H24NP2/c1-3-4-5-6-7-8-9-10-11-13-12(2)14-16-15-13/h3-11H2,1-2H3. The van der Waals surface area contributed by atoms with Crippen LogP contribution in [-0.4, -0.2) is 0 Å². The zero-order chi connectivity index (χ0) is 11.6. The van der Waals surface area contributed by atoms with Crippen molar-refractivity contribution in [1.29, 1.82) is 0 Å². The molecule has 0 aromatic rings. The minimum absolute atomic E-state index is 1.25. The van der Waals surface area contributed by atoms with E-state index >= 15 is 0 Å². The Balaban J connectivity index is 1.89. The third kappa shape index (κ3) is 6.02. The third-order valence-electron chi connectivity index (χ3n) is 3.04. The molecule has 1 nitrogen and oxygen atoms in total. The Morgan fingerprint density at radius 1 is 0.938 bits per heavy atom. The molecule has 0 aromatic carbocycles. The van der Waals surface area contributed by atoms with Crippen molar-refractivity contribution in [1.82, 2.24) is 5.09 Å². The number of hydrogen-bond donors (Lipinski definition) is 0. The number of rotatable bonds is 9. The van der Waals surface area contributed by atoms with E-state index in [1.807, 2.05) is 0 Å². The van der Waals surface area contributed by atoms with Crippen LogP contribution in [0.25, 0.3) is 0 Å². The van der Waals surface area contributed by atoms with Gasteiger partial charge in [0.1, 0.15) is 0 Å². The molecule has 0 fully saturated rings. The van der Waals surface area contributed by atoms with E-state index in [0.717, 1.165) is 0 Å². The van der Waals surface area contributed by atoms with Crippen LogP contribution in [0, 0.1) is 0 Å². The first-order chi connectivity index (χ1) is 7.84. The topological polar surface area (TPSA) is 14.1 Å². The average molecular weight is 256 g/mol. The van der Waals surface area contributed by atoms with E-state index in [-0.39, 0.29) is 0 Å². The lowest BCUT2D eigenvalue weighted by Crippen LogP contribution is -1.86. The molecule has 0 saturated heterocycles. The highest BCUT2D eigenvalue weighted by molar-refractivity contribution is 7.85. The molecule has 3 heteroatoms. The average Bonchev–Trinajstić information content (AvgIpc) is 2.68. The summed E-state index contributed by atoms with van der Waals surface area (Å²) in [5.74, 6) is 0. The van der Waals surface area contributed by atoms with Crippen LogP contribution in [0.15, 0.2) is 11.0 Å². The van der Waals surface area contributed by atoms with Gasteiger partial charge in [0.05, 0.1) is 13.7 Å². The Morgan fingerprint density at radius 2 is 1.56 bits per heavy atom. The van der Waals surface area contributed by atoms with Gasteiger partial charge >= 0.3 is 0 Å². The third-order valence-corrected chi connectivity index (χ3v) is 5.57. The molecule has 16 heavy (non-hydrogen) atoms. The molecule has 0 atom stereocenters. The van der Waals surface area contributed by atoms with Gasteiger partial charge in [-0.15, -0.1) is 0 Å². The first kappa shape index (κ1) is 14.2. The van der Waals surface area contributed by atoms with Crippen LogP contribution in [-0.2, 0) is 0 Å². The van der Waals surface area contributed by atoms with Crippen LogP contribution >= 0.6 is 15.9 Å². The lowest BCUT2D eigenvalue weighted by molar-refractivity contribution is 0.576. The van der Waals surface area contributed by atoms with Gasteiger partial charge in [-0.2, -0.15) is 0 Å². The summed E-state index contributed by atoms with van der Waals surface area (Å²) in [7, 11) is 2.69.